The highest BCUT2D eigenvalue weighted by atomic mass is 16.6. The van der Waals surface area contributed by atoms with E-state index in [1.54, 1.807) is 12.1 Å². The smallest absolute Gasteiger partial charge is 0.314 e. The number of rotatable bonds is 4. The van der Waals surface area contributed by atoms with Crippen LogP contribution in [-0.4, -0.2) is 31.2 Å². The molecule has 2 rings (SSSR count). The van der Waals surface area contributed by atoms with Gasteiger partial charge in [-0.15, -0.1) is 0 Å². The largest absolute Gasteiger partial charge is 0.490 e. The fraction of sp³-hybridized carbons (Fsp3) is 0.400. The van der Waals surface area contributed by atoms with Gasteiger partial charge in [-0.1, -0.05) is 0 Å². The van der Waals surface area contributed by atoms with Gasteiger partial charge in [0.15, 0.2) is 5.75 Å². The van der Waals surface area contributed by atoms with E-state index < -0.39 is 4.92 Å². The zero-order chi connectivity index (χ0) is 11.5. The number of nitro groups is 1. The van der Waals surface area contributed by atoms with Gasteiger partial charge < -0.3 is 14.8 Å². The summed E-state index contributed by atoms with van der Waals surface area (Å²) in [6.45, 7) is 1.56. The Labute approximate surface area is 92.3 Å². The molecule has 1 fully saturated rings. The van der Waals surface area contributed by atoms with Crippen molar-refractivity contribution in [2.24, 2.45) is 0 Å². The van der Waals surface area contributed by atoms with Gasteiger partial charge >= 0.3 is 5.69 Å². The fourth-order valence-corrected chi connectivity index (χ4v) is 1.42. The summed E-state index contributed by atoms with van der Waals surface area (Å²) in [5.41, 5.74) is -0.0766. The quantitative estimate of drug-likeness (QED) is 0.609. The Morgan fingerprint density at radius 1 is 1.50 bits per heavy atom. The van der Waals surface area contributed by atoms with Crippen LogP contribution in [0.3, 0.4) is 0 Å². The molecule has 0 bridgehead atoms. The summed E-state index contributed by atoms with van der Waals surface area (Å²) in [6, 6.07) is 4.60. The molecule has 1 heterocycles. The van der Waals surface area contributed by atoms with Crippen molar-refractivity contribution < 1.29 is 14.4 Å². The van der Waals surface area contributed by atoms with Crippen LogP contribution in [-0.2, 0) is 0 Å². The van der Waals surface area contributed by atoms with Gasteiger partial charge in [-0.05, 0) is 12.1 Å². The standard InChI is InChI=1S/C10H12N2O4/c1-15-10-3-2-7(4-9(10)12(13)14)16-8-5-11-6-8/h2-4,8,11H,5-6H2,1H3. The molecular weight excluding hydrogens is 212 g/mol. The molecule has 16 heavy (non-hydrogen) atoms. The highest BCUT2D eigenvalue weighted by molar-refractivity contribution is 5.50. The number of nitrogens with one attached hydrogen (secondary N) is 1. The van der Waals surface area contributed by atoms with Crippen LogP contribution in [0.2, 0.25) is 0 Å². The van der Waals surface area contributed by atoms with E-state index >= 15 is 0 Å². The third-order valence-corrected chi connectivity index (χ3v) is 2.39. The van der Waals surface area contributed by atoms with E-state index in [0.29, 0.717) is 5.75 Å². The van der Waals surface area contributed by atoms with E-state index in [2.05, 4.69) is 5.32 Å². The molecule has 1 N–H and O–H groups in total. The molecule has 1 aliphatic heterocycles. The van der Waals surface area contributed by atoms with Gasteiger partial charge in [0, 0.05) is 13.1 Å². The van der Waals surface area contributed by atoms with Gasteiger partial charge in [0.25, 0.3) is 0 Å². The number of hydrogen-bond donors (Lipinski definition) is 1. The van der Waals surface area contributed by atoms with Gasteiger partial charge in [0.1, 0.15) is 11.9 Å². The summed E-state index contributed by atoms with van der Waals surface area (Å²) in [7, 11) is 1.40. The molecule has 0 atom stereocenters. The lowest BCUT2D eigenvalue weighted by Crippen LogP contribution is -2.50. The van der Waals surface area contributed by atoms with E-state index in [0.717, 1.165) is 13.1 Å². The first-order valence-electron chi connectivity index (χ1n) is 4.90. The van der Waals surface area contributed by atoms with Crippen LogP contribution in [0, 0.1) is 10.1 Å². The molecule has 0 spiro atoms. The van der Waals surface area contributed by atoms with Crippen LogP contribution in [0.15, 0.2) is 18.2 Å². The van der Waals surface area contributed by atoms with E-state index in [-0.39, 0.29) is 17.5 Å². The predicted octanol–water partition coefficient (Wildman–Crippen LogP) is 0.954. The monoisotopic (exact) mass is 224 g/mol. The van der Waals surface area contributed by atoms with E-state index in [1.165, 1.54) is 13.2 Å². The molecule has 0 saturated carbocycles. The summed E-state index contributed by atoms with van der Waals surface area (Å²) < 4.78 is 10.4. The van der Waals surface area contributed by atoms with E-state index in [1.807, 2.05) is 0 Å². The maximum Gasteiger partial charge on any atom is 0.314 e. The summed E-state index contributed by atoms with van der Waals surface area (Å²) >= 11 is 0. The van der Waals surface area contributed by atoms with Crippen LogP contribution in [0.5, 0.6) is 11.5 Å². The Bertz CT molecular complexity index is 404. The topological polar surface area (TPSA) is 73.6 Å². The Morgan fingerprint density at radius 2 is 2.25 bits per heavy atom. The Balaban J connectivity index is 2.20. The molecule has 6 heteroatoms. The maximum atomic E-state index is 10.8. The van der Waals surface area contributed by atoms with Gasteiger partial charge in [-0.2, -0.15) is 0 Å². The van der Waals surface area contributed by atoms with Gasteiger partial charge in [-0.3, -0.25) is 10.1 Å². The van der Waals surface area contributed by atoms with E-state index in [9.17, 15) is 10.1 Å². The lowest BCUT2D eigenvalue weighted by molar-refractivity contribution is -0.385. The molecule has 0 aliphatic carbocycles. The summed E-state index contributed by atoms with van der Waals surface area (Å²) in [5, 5.41) is 13.8. The minimum Gasteiger partial charge on any atom is -0.490 e. The number of nitro benzene ring substituents is 1. The Kier molecular flexibility index (Phi) is 2.91. The van der Waals surface area contributed by atoms with Crippen molar-refractivity contribution in [2.75, 3.05) is 20.2 Å². The lowest BCUT2D eigenvalue weighted by atomic mass is 10.2. The van der Waals surface area contributed by atoms with Crippen molar-refractivity contribution in [3.8, 4) is 11.5 Å². The summed E-state index contributed by atoms with van der Waals surface area (Å²) in [4.78, 5) is 10.3. The van der Waals surface area contributed by atoms with Crippen molar-refractivity contribution in [3.05, 3.63) is 28.3 Å². The fourth-order valence-electron chi connectivity index (χ4n) is 1.42. The molecular formula is C10H12N2O4. The first-order valence-corrected chi connectivity index (χ1v) is 4.90. The number of hydrogen-bond acceptors (Lipinski definition) is 5. The molecule has 1 aromatic rings. The van der Waals surface area contributed by atoms with Crippen molar-refractivity contribution in [1.29, 1.82) is 0 Å². The Morgan fingerprint density at radius 3 is 2.75 bits per heavy atom. The summed E-state index contributed by atoms with van der Waals surface area (Å²) in [6.07, 6.45) is 0.105. The minimum absolute atomic E-state index is 0.0766. The number of methoxy groups -OCH3 is 1. The minimum atomic E-state index is -0.481. The third-order valence-electron chi connectivity index (χ3n) is 2.39. The van der Waals surface area contributed by atoms with Crippen LogP contribution in [0.25, 0.3) is 0 Å². The average molecular weight is 224 g/mol. The maximum absolute atomic E-state index is 10.8. The first kappa shape index (κ1) is 10.7. The number of benzene rings is 1. The molecule has 1 aliphatic rings. The third kappa shape index (κ3) is 2.06. The summed E-state index contributed by atoms with van der Waals surface area (Å²) in [5.74, 6) is 0.739. The van der Waals surface area contributed by atoms with Crippen LogP contribution < -0.4 is 14.8 Å². The highest BCUT2D eigenvalue weighted by Gasteiger charge is 2.21. The molecule has 1 saturated heterocycles. The van der Waals surface area contributed by atoms with Gasteiger partial charge in [-0.25, -0.2) is 0 Å². The molecule has 1 aromatic carbocycles. The number of ether oxygens (including phenoxy) is 2. The molecule has 0 radical (unpaired) electrons. The van der Waals surface area contributed by atoms with Crippen molar-refractivity contribution in [2.45, 2.75) is 6.10 Å². The second-order valence-electron chi connectivity index (χ2n) is 3.49. The number of nitrogens with zero attached hydrogens (tertiary/aromatic N) is 1. The zero-order valence-corrected chi connectivity index (χ0v) is 8.80. The zero-order valence-electron chi connectivity index (χ0n) is 8.80. The van der Waals surface area contributed by atoms with Crippen molar-refractivity contribution in [3.63, 3.8) is 0 Å². The highest BCUT2D eigenvalue weighted by Crippen LogP contribution is 2.31. The molecule has 0 amide bonds. The normalized spacial score (nSPS) is 15.3. The van der Waals surface area contributed by atoms with Crippen molar-refractivity contribution in [1.82, 2.24) is 5.32 Å². The second-order valence-corrected chi connectivity index (χ2v) is 3.49. The molecule has 86 valence electrons. The SMILES string of the molecule is COc1ccc(OC2CNC2)cc1[N+](=O)[O-]. The molecule has 6 nitrogen and oxygen atoms in total. The first-order chi connectivity index (χ1) is 7.70. The molecule has 0 unspecified atom stereocenters. The van der Waals surface area contributed by atoms with Gasteiger partial charge in [0.05, 0.1) is 18.1 Å². The second kappa shape index (κ2) is 4.36. The van der Waals surface area contributed by atoms with Crippen LogP contribution in [0.1, 0.15) is 0 Å². The lowest BCUT2D eigenvalue weighted by Gasteiger charge is -2.27. The van der Waals surface area contributed by atoms with Crippen LogP contribution >= 0.6 is 0 Å². The average Bonchev–Trinajstić information content (AvgIpc) is 2.23. The predicted molar refractivity (Wildman–Crippen MR) is 56.9 cm³/mol. The van der Waals surface area contributed by atoms with E-state index in [4.69, 9.17) is 9.47 Å². The Hall–Kier alpha value is -1.82. The molecule has 0 aromatic heterocycles. The van der Waals surface area contributed by atoms with Crippen LogP contribution in [0.4, 0.5) is 5.69 Å². The van der Waals surface area contributed by atoms with Crippen molar-refractivity contribution >= 4 is 5.69 Å². The van der Waals surface area contributed by atoms with Gasteiger partial charge in [0.2, 0.25) is 0 Å².